The van der Waals surface area contributed by atoms with E-state index in [2.05, 4.69) is 14.6 Å². The average Bonchev–Trinajstić information content (AvgIpc) is 2.98. The van der Waals surface area contributed by atoms with Crippen LogP contribution in [0.15, 0.2) is 35.8 Å². The summed E-state index contributed by atoms with van der Waals surface area (Å²) < 4.78 is 3.78. The first kappa shape index (κ1) is 15.5. The van der Waals surface area contributed by atoms with Crippen LogP contribution >= 0.6 is 23.9 Å². The number of carboxylic acid groups (broad SMARTS) is 1. The minimum absolute atomic E-state index is 0. The molecular weight excluding hydrogens is 310 g/mol. The van der Waals surface area contributed by atoms with Crippen molar-refractivity contribution < 1.29 is 9.90 Å². The average molecular weight is 324 g/mol. The normalized spacial score (nSPS) is 13.1. The highest BCUT2D eigenvalue weighted by Gasteiger charge is 2.25. The molecule has 2 heterocycles. The van der Waals surface area contributed by atoms with E-state index in [1.807, 2.05) is 11.4 Å². The van der Waals surface area contributed by atoms with Crippen LogP contribution in [0.3, 0.4) is 0 Å². The largest absolute Gasteiger partial charge is 0.478 e. The van der Waals surface area contributed by atoms with Crippen LogP contribution in [-0.2, 0) is 0 Å². The summed E-state index contributed by atoms with van der Waals surface area (Å²) in [5.41, 5.74) is 2.48. The number of hydrogen-bond donors (Lipinski definition) is 2. The summed E-state index contributed by atoms with van der Waals surface area (Å²) in [6.07, 6.45) is 4.44. The number of aromatic carboxylic acids is 1. The Morgan fingerprint density at radius 2 is 2.14 bits per heavy atom. The molecule has 4 rings (SSSR count). The number of H-pyrrole nitrogens is 1. The Labute approximate surface area is 131 Å². The van der Waals surface area contributed by atoms with Crippen LogP contribution in [0.1, 0.15) is 34.8 Å². The molecule has 0 atom stereocenters. The minimum atomic E-state index is -0.891. The molecule has 2 aromatic heterocycles. The smallest absolute Gasteiger partial charge is 0.335 e. The molecule has 0 saturated heterocycles. The second-order valence-electron chi connectivity index (χ2n) is 4.69. The molecular formula is C14H14ClN3O2S. The van der Waals surface area contributed by atoms with Crippen LogP contribution in [0.4, 0.5) is 0 Å². The molecule has 5 nitrogen and oxygen atoms in total. The van der Waals surface area contributed by atoms with Crippen LogP contribution in [-0.4, -0.2) is 25.6 Å². The standard InChI is InChI=1S/C9H7NO2.C5H6N2S.ClH/c11-9(12)7-1-2-8-6(5-7)3-4-10-8;1-2-4(1)5-3-8-7-6-5;/h1-5,10H,(H,11,12);3-4H,1-2H2;1H. The second kappa shape index (κ2) is 6.69. The van der Waals surface area contributed by atoms with E-state index in [4.69, 9.17) is 5.11 Å². The van der Waals surface area contributed by atoms with Gasteiger partial charge in [-0.1, -0.05) is 4.49 Å². The summed E-state index contributed by atoms with van der Waals surface area (Å²) >= 11 is 1.45. The van der Waals surface area contributed by atoms with E-state index >= 15 is 0 Å². The maximum atomic E-state index is 10.6. The third kappa shape index (κ3) is 3.80. The number of carboxylic acids is 1. The van der Waals surface area contributed by atoms with E-state index in [1.54, 1.807) is 24.4 Å². The summed E-state index contributed by atoms with van der Waals surface area (Å²) in [6, 6.07) is 6.84. The summed E-state index contributed by atoms with van der Waals surface area (Å²) in [4.78, 5) is 13.5. The van der Waals surface area contributed by atoms with Gasteiger partial charge in [0.25, 0.3) is 0 Å². The molecule has 7 heteroatoms. The lowest BCUT2D eigenvalue weighted by atomic mass is 10.1. The van der Waals surface area contributed by atoms with E-state index in [1.165, 1.54) is 30.1 Å². The zero-order valence-corrected chi connectivity index (χ0v) is 12.7. The molecule has 0 spiro atoms. The number of benzene rings is 1. The Balaban J connectivity index is 0.000000157. The van der Waals surface area contributed by atoms with Crippen LogP contribution < -0.4 is 0 Å². The van der Waals surface area contributed by atoms with Gasteiger partial charge in [0.1, 0.15) is 0 Å². The number of aromatic nitrogens is 3. The van der Waals surface area contributed by atoms with E-state index in [0.29, 0.717) is 5.56 Å². The lowest BCUT2D eigenvalue weighted by molar-refractivity contribution is 0.0697. The molecule has 0 amide bonds. The molecule has 0 aliphatic heterocycles. The second-order valence-corrected chi connectivity index (χ2v) is 5.30. The summed E-state index contributed by atoms with van der Waals surface area (Å²) in [6.45, 7) is 0. The van der Waals surface area contributed by atoms with E-state index in [9.17, 15) is 4.79 Å². The molecule has 1 fully saturated rings. The van der Waals surface area contributed by atoms with Gasteiger partial charge in [0.2, 0.25) is 0 Å². The molecule has 1 aromatic carbocycles. The highest BCUT2D eigenvalue weighted by molar-refractivity contribution is 7.03. The molecule has 0 unspecified atom stereocenters. The maximum Gasteiger partial charge on any atom is 0.335 e. The minimum Gasteiger partial charge on any atom is -0.478 e. The fourth-order valence-electron chi connectivity index (χ4n) is 1.92. The van der Waals surface area contributed by atoms with Crippen molar-refractivity contribution in [3.05, 3.63) is 47.1 Å². The van der Waals surface area contributed by atoms with Gasteiger partial charge in [-0.2, -0.15) is 0 Å². The number of hydrogen-bond acceptors (Lipinski definition) is 4. The Morgan fingerprint density at radius 3 is 2.76 bits per heavy atom. The van der Waals surface area contributed by atoms with E-state index < -0.39 is 5.97 Å². The van der Waals surface area contributed by atoms with Crippen molar-refractivity contribution >= 4 is 40.8 Å². The van der Waals surface area contributed by atoms with Crippen LogP contribution in [0.25, 0.3) is 10.9 Å². The first-order chi connectivity index (χ1) is 9.74. The predicted octanol–water partition coefficient (Wildman–Crippen LogP) is 3.70. The van der Waals surface area contributed by atoms with Gasteiger partial charge in [-0.15, -0.1) is 17.5 Å². The highest BCUT2D eigenvalue weighted by Crippen LogP contribution is 2.38. The molecule has 1 aliphatic rings. The highest BCUT2D eigenvalue weighted by atomic mass is 35.5. The maximum absolute atomic E-state index is 10.6. The van der Waals surface area contributed by atoms with Gasteiger partial charge in [-0.3, -0.25) is 0 Å². The molecule has 0 radical (unpaired) electrons. The van der Waals surface area contributed by atoms with Gasteiger partial charge in [0.05, 0.1) is 11.3 Å². The number of nitrogens with one attached hydrogen (secondary N) is 1. The van der Waals surface area contributed by atoms with E-state index in [-0.39, 0.29) is 12.4 Å². The molecule has 1 aliphatic carbocycles. The summed E-state index contributed by atoms with van der Waals surface area (Å²) in [7, 11) is 0. The lowest BCUT2D eigenvalue weighted by Gasteiger charge is -1.93. The van der Waals surface area contributed by atoms with Crippen molar-refractivity contribution in [2.24, 2.45) is 0 Å². The first-order valence-electron chi connectivity index (χ1n) is 6.31. The van der Waals surface area contributed by atoms with Gasteiger partial charge in [0, 0.05) is 28.4 Å². The lowest BCUT2D eigenvalue weighted by Crippen LogP contribution is -1.94. The quantitative estimate of drug-likeness (QED) is 0.753. The van der Waals surface area contributed by atoms with Crippen LogP contribution in [0.2, 0.25) is 0 Å². The predicted molar refractivity (Wildman–Crippen MR) is 84.4 cm³/mol. The third-order valence-corrected chi connectivity index (χ3v) is 3.70. The van der Waals surface area contributed by atoms with Crippen LogP contribution in [0.5, 0.6) is 0 Å². The summed E-state index contributed by atoms with van der Waals surface area (Å²) in [5, 5.41) is 15.6. The SMILES string of the molecule is Cl.O=C(O)c1ccc2[nH]ccc2c1.c1snnc1C1CC1. The fourth-order valence-corrected chi connectivity index (χ4v) is 2.45. The number of nitrogens with zero attached hydrogens (tertiary/aromatic N) is 2. The van der Waals surface area contributed by atoms with Crippen molar-refractivity contribution in [2.45, 2.75) is 18.8 Å². The molecule has 1 saturated carbocycles. The monoisotopic (exact) mass is 323 g/mol. The van der Waals surface area contributed by atoms with Crippen molar-refractivity contribution in [2.75, 3.05) is 0 Å². The Bertz CT molecular complexity index is 723. The molecule has 2 N–H and O–H groups in total. The van der Waals surface area contributed by atoms with Crippen molar-refractivity contribution in [1.29, 1.82) is 0 Å². The van der Waals surface area contributed by atoms with Gasteiger partial charge in [0.15, 0.2) is 0 Å². The van der Waals surface area contributed by atoms with Gasteiger partial charge < -0.3 is 10.1 Å². The number of fused-ring (bicyclic) bond motifs is 1. The van der Waals surface area contributed by atoms with Crippen molar-refractivity contribution in [1.82, 2.24) is 14.6 Å². The molecule has 110 valence electrons. The zero-order valence-electron chi connectivity index (χ0n) is 11.0. The zero-order chi connectivity index (χ0) is 13.9. The molecule has 0 bridgehead atoms. The Kier molecular flexibility index (Phi) is 4.93. The number of carbonyl (C=O) groups is 1. The van der Waals surface area contributed by atoms with Gasteiger partial charge >= 0.3 is 5.97 Å². The third-order valence-electron chi connectivity index (χ3n) is 3.17. The van der Waals surface area contributed by atoms with E-state index in [0.717, 1.165) is 16.8 Å². The Hall–Kier alpha value is -1.92. The summed E-state index contributed by atoms with van der Waals surface area (Å²) in [5.74, 6) is -0.119. The fraction of sp³-hybridized carbons (Fsp3) is 0.214. The van der Waals surface area contributed by atoms with Gasteiger partial charge in [-0.05, 0) is 48.6 Å². The Morgan fingerprint density at radius 1 is 1.33 bits per heavy atom. The van der Waals surface area contributed by atoms with Crippen LogP contribution in [0, 0.1) is 0 Å². The molecule has 3 aromatic rings. The van der Waals surface area contributed by atoms with Gasteiger partial charge in [-0.25, -0.2) is 4.79 Å². The van der Waals surface area contributed by atoms with Crippen molar-refractivity contribution in [3.63, 3.8) is 0 Å². The number of aromatic amines is 1. The number of halogens is 1. The first-order valence-corrected chi connectivity index (χ1v) is 7.15. The van der Waals surface area contributed by atoms with Crippen molar-refractivity contribution in [3.8, 4) is 0 Å². The molecule has 21 heavy (non-hydrogen) atoms. The number of rotatable bonds is 2. The topological polar surface area (TPSA) is 78.9 Å².